The van der Waals surface area contributed by atoms with E-state index < -0.39 is 0 Å². The molecule has 0 amide bonds. The highest BCUT2D eigenvalue weighted by atomic mass is 35.5. The first-order valence-corrected chi connectivity index (χ1v) is 9.45. The van der Waals surface area contributed by atoms with Gasteiger partial charge in [0.1, 0.15) is 17.7 Å². The van der Waals surface area contributed by atoms with E-state index in [4.69, 9.17) is 11.6 Å². The number of rotatable bonds is 5. The van der Waals surface area contributed by atoms with Gasteiger partial charge < -0.3 is 4.90 Å². The maximum Gasteiger partial charge on any atom is 0.292 e. The minimum Gasteiger partial charge on any atom is -0.365 e. The maximum absolute atomic E-state index is 12.8. The van der Waals surface area contributed by atoms with Gasteiger partial charge in [-0.25, -0.2) is 9.67 Å². The molecule has 29 heavy (non-hydrogen) atoms. The molecule has 0 aliphatic rings. The van der Waals surface area contributed by atoms with Crippen LogP contribution in [0.3, 0.4) is 0 Å². The summed E-state index contributed by atoms with van der Waals surface area (Å²) in [6.07, 6.45) is 4.77. The number of benzene rings is 2. The standard InChI is InChI=1S/C21H19ClN6O/c1-15(16-8-10-17(11-9-16)27-14-23-13-25-27)26(2)19-12-24-28(21(29)20(19)22)18-6-4-3-5-7-18/h3-15H,1-2H3/t15-/m1/s1. The lowest BCUT2D eigenvalue weighted by molar-refractivity contribution is 0.724. The number of hydrogen-bond donors (Lipinski definition) is 0. The lowest BCUT2D eigenvalue weighted by Gasteiger charge is -2.28. The Morgan fingerprint density at radius 2 is 1.72 bits per heavy atom. The second-order valence-corrected chi connectivity index (χ2v) is 6.99. The summed E-state index contributed by atoms with van der Waals surface area (Å²) in [6.45, 7) is 2.05. The Morgan fingerprint density at radius 3 is 2.38 bits per heavy atom. The normalized spacial score (nSPS) is 12.0. The number of para-hydroxylation sites is 1. The van der Waals surface area contributed by atoms with Crippen molar-refractivity contribution in [3.05, 3.63) is 94.4 Å². The van der Waals surface area contributed by atoms with E-state index in [1.54, 1.807) is 17.2 Å². The highest BCUT2D eigenvalue weighted by Crippen LogP contribution is 2.29. The molecular formula is C21H19ClN6O. The summed E-state index contributed by atoms with van der Waals surface area (Å²) in [6, 6.07) is 17.2. The molecule has 146 valence electrons. The molecule has 0 aliphatic heterocycles. The van der Waals surface area contributed by atoms with Crippen LogP contribution in [0, 0.1) is 0 Å². The van der Waals surface area contributed by atoms with Crippen molar-refractivity contribution in [3.63, 3.8) is 0 Å². The van der Waals surface area contributed by atoms with Gasteiger partial charge in [0.25, 0.3) is 5.56 Å². The molecule has 0 N–H and O–H groups in total. The van der Waals surface area contributed by atoms with Gasteiger partial charge in [0.05, 0.1) is 29.3 Å². The van der Waals surface area contributed by atoms with Crippen LogP contribution in [-0.2, 0) is 0 Å². The second kappa shape index (κ2) is 7.89. The van der Waals surface area contributed by atoms with Gasteiger partial charge in [0.15, 0.2) is 0 Å². The van der Waals surface area contributed by atoms with Crippen LogP contribution in [-0.4, -0.2) is 31.6 Å². The van der Waals surface area contributed by atoms with Gasteiger partial charge in [-0.1, -0.05) is 41.9 Å². The third-order valence-corrected chi connectivity index (χ3v) is 5.28. The molecule has 0 bridgehead atoms. The zero-order valence-electron chi connectivity index (χ0n) is 16.0. The Hall–Kier alpha value is -3.45. The highest BCUT2D eigenvalue weighted by molar-refractivity contribution is 6.33. The van der Waals surface area contributed by atoms with Crippen molar-refractivity contribution in [2.45, 2.75) is 13.0 Å². The molecule has 0 saturated carbocycles. The average Bonchev–Trinajstić information content (AvgIpc) is 3.30. The van der Waals surface area contributed by atoms with Crippen LogP contribution in [0.5, 0.6) is 0 Å². The summed E-state index contributed by atoms with van der Waals surface area (Å²) >= 11 is 6.43. The largest absolute Gasteiger partial charge is 0.365 e. The fourth-order valence-corrected chi connectivity index (χ4v) is 3.36. The minimum atomic E-state index is -0.351. The fraction of sp³-hybridized carbons (Fsp3) is 0.143. The molecule has 2 aromatic carbocycles. The van der Waals surface area contributed by atoms with Crippen LogP contribution >= 0.6 is 11.6 Å². The van der Waals surface area contributed by atoms with E-state index >= 15 is 0 Å². The first-order chi connectivity index (χ1) is 14.1. The van der Waals surface area contributed by atoms with Crippen LogP contribution in [0.25, 0.3) is 11.4 Å². The van der Waals surface area contributed by atoms with Gasteiger partial charge in [-0.15, -0.1) is 0 Å². The molecular weight excluding hydrogens is 388 g/mol. The van der Waals surface area contributed by atoms with Crippen molar-refractivity contribution in [1.82, 2.24) is 24.5 Å². The fourth-order valence-electron chi connectivity index (χ4n) is 3.10. The minimum absolute atomic E-state index is 0.0222. The van der Waals surface area contributed by atoms with Crippen LogP contribution in [0.1, 0.15) is 18.5 Å². The van der Waals surface area contributed by atoms with Crippen LogP contribution in [0.4, 0.5) is 5.69 Å². The van der Waals surface area contributed by atoms with Crippen molar-refractivity contribution < 1.29 is 0 Å². The molecule has 0 spiro atoms. The number of halogens is 1. The molecule has 2 heterocycles. The molecule has 2 aromatic heterocycles. The van der Waals surface area contributed by atoms with E-state index in [1.165, 1.54) is 11.0 Å². The van der Waals surface area contributed by atoms with Gasteiger partial charge in [-0.05, 0) is 36.8 Å². The SMILES string of the molecule is C[C@H](c1ccc(-n2cncn2)cc1)N(C)c1cnn(-c2ccccc2)c(=O)c1Cl. The third kappa shape index (κ3) is 3.64. The lowest BCUT2D eigenvalue weighted by atomic mass is 10.1. The Morgan fingerprint density at radius 1 is 1.00 bits per heavy atom. The summed E-state index contributed by atoms with van der Waals surface area (Å²) in [5.74, 6) is 0. The summed E-state index contributed by atoms with van der Waals surface area (Å²) in [7, 11) is 1.89. The van der Waals surface area contributed by atoms with Crippen molar-refractivity contribution in [3.8, 4) is 11.4 Å². The predicted molar refractivity (Wildman–Crippen MR) is 113 cm³/mol. The molecule has 1 atom stereocenters. The molecule has 4 rings (SSSR count). The first kappa shape index (κ1) is 18.9. The smallest absolute Gasteiger partial charge is 0.292 e. The number of aromatic nitrogens is 5. The molecule has 0 saturated heterocycles. The third-order valence-electron chi connectivity index (χ3n) is 4.92. The second-order valence-electron chi connectivity index (χ2n) is 6.61. The van der Waals surface area contributed by atoms with Crippen molar-refractivity contribution >= 4 is 17.3 Å². The Labute approximate surface area is 172 Å². The van der Waals surface area contributed by atoms with E-state index in [-0.39, 0.29) is 16.6 Å². The monoisotopic (exact) mass is 406 g/mol. The summed E-state index contributed by atoms with van der Waals surface area (Å²) < 4.78 is 3.00. The lowest BCUT2D eigenvalue weighted by Crippen LogP contribution is -2.28. The molecule has 4 aromatic rings. The van der Waals surface area contributed by atoms with E-state index in [9.17, 15) is 4.79 Å². The summed E-state index contributed by atoms with van der Waals surface area (Å²) in [5.41, 5.74) is 2.89. The van der Waals surface area contributed by atoms with Crippen LogP contribution in [0.2, 0.25) is 5.02 Å². The zero-order chi connectivity index (χ0) is 20.4. The average molecular weight is 407 g/mol. The van der Waals surface area contributed by atoms with Crippen LogP contribution < -0.4 is 10.5 Å². The van der Waals surface area contributed by atoms with E-state index in [0.717, 1.165) is 11.3 Å². The molecule has 0 unspecified atom stereocenters. The number of nitrogens with zero attached hydrogens (tertiary/aromatic N) is 6. The van der Waals surface area contributed by atoms with E-state index in [0.29, 0.717) is 11.4 Å². The van der Waals surface area contributed by atoms with Crippen LogP contribution in [0.15, 0.2) is 78.2 Å². The molecule has 0 aliphatic carbocycles. The molecule has 0 radical (unpaired) electrons. The highest BCUT2D eigenvalue weighted by Gasteiger charge is 2.19. The summed E-state index contributed by atoms with van der Waals surface area (Å²) in [5, 5.41) is 8.58. The van der Waals surface area contributed by atoms with Gasteiger partial charge in [-0.3, -0.25) is 4.79 Å². The topological polar surface area (TPSA) is 68.8 Å². The Bertz CT molecular complexity index is 1160. The van der Waals surface area contributed by atoms with Gasteiger partial charge in [0.2, 0.25) is 0 Å². The van der Waals surface area contributed by atoms with E-state index in [1.807, 2.05) is 73.5 Å². The van der Waals surface area contributed by atoms with Gasteiger partial charge in [0, 0.05) is 7.05 Å². The maximum atomic E-state index is 12.8. The number of hydrogen-bond acceptors (Lipinski definition) is 5. The predicted octanol–water partition coefficient (Wildman–Crippen LogP) is 3.66. The molecule has 0 fully saturated rings. The van der Waals surface area contributed by atoms with Crippen molar-refractivity contribution in [2.24, 2.45) is 0 Å². The quantitative estimate of drug-likeness (QED) is 0.506. The van der Waals surface area contributed by atoms with E-state index in [2.05, 4.69) is 15.2 Å². The van der Waals surface area contributed by atoms with Crippen molar-refractivity contribution in [2.75, 3.05) is 11.9 Å². The van der Waals surface area contributed by atoms with Crippen molar-refractivity contribution in [1.29, 1.82) is 0 Å². The Kier molecular flexibility index (Phi) is 5.14. The summed E-state index contributed by atoms with van der Waals surface area (Å²) in [4.78, 5) is 18.7. The first-order valence-electron chi connectivity index (χ1n) is 9.07. The van der Waals surface area contributed by atoms with Gasteiger partial charge >= 0.3 is 0 Å². The van der Waals surface area contributed by atoms with Gasteiger partial charge in [-0.2, -0.15) is 14.9 Å². The molecule has 7 nitrogen and oxygen atoms in total. The molecule has 8 heteroatoms. The Balaban J connectivity index is 1.61. The number of anilines is 1. The zero-order valence-corrected chi connectivity index (χ0v) is 16.7.